The Balaban J connectivity index is 1.87. The smallest absolute Gasteiger partial charge is 0.0121 e. The van der Waals surface area contributed by atoms with Crippen molar-refractivity contribution in [3.05, 3.63) is 0 Å². The topological polar surface area (TPSA) is 12.0 Å². The maximum Gasteiger partial charge on any atom is 0.0121 e. The van der Waals surface area contributed by atoms with Gasteiger partial charge < -0.3 is 5.32 Å². The predicted octanol–water partition coefficient (Wildman–Crippen LogP) is 5.25. The molecule has 0 aromatic carbocycles. The van der Waals surface area contributed by atoms with Gasteiger partial charge in [0.2, 0.25) is 0 Å². The number of hydrogen-bond donors (Lipinski definition) is 1. The van der Waals surface area contributed by atoms with E-state index in [2.05, 4.69) is 40.1 Å². The summed E-state index contributed by atoms with van der Waals surface area (Å²) in [6, 6.07) is 0.795. The van der Waals surface area contributed by atoms with Gasteiger partial charge in [-0.2, -0.15) is 0 Å². The van der Waals surface area contributed by atoms with Gasteiger partial charge >= 0.3 is 0 Å². The van der Waals surface area contributed by atoms with Crippen molar-refractivity contribution in [3.8, 4) is 0 Å². The van der Waals surface area contributed by atoms with Gasteiger partial charge in [-0.3, -0.25) is 0 Å². The van der Waals surface area contributed by atoms with Crippen LogP contribution in [0.2, 0.25) is 0 Å². The summed E-state index contributed by atoms with van der Waals surface area (Å²) in [5.74, 6) is 3.81. The van der Waals surface area contributed by atoms with Gasteiger partial charge in [-0.15, -0.1) is 0 Å². The van der Waals surface area contributed by atoms with Gasteiger partial charge in [0.25, 0.3) is 0 Å². The maximum atomic E-state index is 3.71. The first-order chi connectivity index (χ1) is 9.41. The second-order valence-electron chi connectivity index (χ2n) is 8.81. The highest BCUT2D eigenvalue weighted by atomic mass is 14.9. The summed E-state index contributed by atoms with van der Waals surface area (Å²) in [6.45, 7) is 9.71. The zero-order valence-corrected chi connectivity index (χ0v) is 14.5. The fourth-order valence-electron chi connectivity index (χ4n) is 4.85. The maximum absolute atomic E-state index is 3.71. The molecule has 2 aliphatic rings. The summed E-state index contributed by atoms with van der Waals surface area (Å²) in [4.78, 5) is 0. The van der Waals surface area contributed by atoms with Crippen LogP contribution in [0.15, 0.2) is 0 Å². The van der Waals surface area contributed by atoms with Crippen LogP contribution in [-0.2, 0) is 0 Å². The molecule has 1 unspecified atom stereocenters. The monoisotopic (exact) mass is 279 g/mol. The largest absolute Gasteiger partial charge is 0.316 e. The summed E-state index contributed by atoms with van der Waals surface area (Å²) < 4.78 is 0. The molecule has 2 aliphatic carbocycles. The van der Waals surface area contributed by atoms with Crippen molar-refractivity contribution in [2.75, 3.05) is 7.05 Å². The highest BCUT2D eigenvalue weighted by molar-refractivity contribution is 4.89. The van der Waals surface area contributed by atoms with Gasteiger partial charge in [0.15, 0.2) is 0 Å². The van der Waals surface area contributed by atoms with Crippen molar-refractivity contribution in [3.63, 3.8) is 0 Å². The highest BCUT2D eigenvalue weighted by Crippen LogP contribution is 2.43. The second kappa shape index (κ2) is 6.81. The first-order valence-corrected chi connectivity index (χ1v) is 9.09. The Kier molecular flexibility index (Phi) is 5.56. The van der Waals surface area contributed by atoms with Crippen LogP contribution in [0.3, 0.4) is 0 Å². The molecular formula is C19H37N. The van der Waals surface area contributed by atoms with Crippen LogP contribution in [0.25, 0.3) is 0 Å². The summed E-state index contributed by atoms with van der Waals surface area (Å²) in [7, 11) is 2.21. The molecule has 0 aromatic heterocycles. The quantitative estimate of drug-likeness (QED) is 0.743. The van der Waals surface area contributed by atoms with Gasteiger partial charge in [-0.05, 0) is 74.7 Å². The third kappa shape index (κ3) is 4.00. The van der Waals surface area contributed by atoms with Crippen molar-refractivity contribution < 1.29 is 0 Å². The van der Waals surface area contributed by atoms with Gasteiger partial charge in [0.1, 0.15) is 0 Å². The van der Waals surface area contributed by atoms with E-state index in [1.54, 1.807) is 0 Å². The summed E-state index contributed by atoms with van der Waals surface area (Å²) in [5.41, 5.74) is 0.514. The molecule has 1 heteroatoms. The molecule has 0 aromatic rings. The molecule has 1 nitrogen and oxygen atoms in total. The zero-order valence-electron chi connectivity index (χ0n) is 14.5. The minimum Gasteiger partial charge on any atom is -0.316 e. The van der Waals surface area contributed by atoms with Crippen LogP contribution in [0.5, 0.6) is 0 Å². The molecule has 0 saturated heterocycles. The van der Waals surface area contributed by atoms with E-state index in [1.807, 2.05) is 0 Å². The fraction of sp³-hybridized carbons (Fsp3) is 1.00. The first kappa shape index (κ1) is 16.3. The van der Waals surface area contributed by atoms with E-state index in [-0.39, 0.29) is 0 Å². The molecule has 0 heterocycles. The van der Waals surface area contributed by atoms with Crippen LogP contribution in [0.4, 0.5) is 0 Å². The molecule has 118 valence electrons. The molecule has 2 rings (SSSR count). The molecule has 0 aliphatic heterocycles. The molecule has 2 saturated carbocycles. The van der Waals surface area contributed by atoms with Gasteiger partial charge in [0, 0.05) is 6.04 Å². The molecule has 20 heavy (non-hydrogen) atoms. The second-order valence-corrected chi connectivity index (χ2v) is 8.81. The molecular weight excluding hydrogens is 242 g/mol. The van der Waals surface area contributed by atoms with Crippen LogP contribution in [0, 0.1) is 29.1 Å². The number of hydrogen-bond acceptors (Lipinski definition) is 1. The Bertz CT molecular complexity index is 275. The van der Waals surface area contributed by atoms with Crippen LogP contribution < -0.4 is 5.32 Å². The number of nitrogens with one attached hydrogen (secondary N) is 1. The Hall–Kier alpha value is -0.0400. The lowest BCUT2D eigenvalue weighted by atomic mass is 9.66. The van der Waals surface area contributed by atoms with Crippen molar-refractivity contribution >= 4 is 0 Å². The number of rotatable bonds is 3. The van der Waals surface area contributed by atoms with Gasteiger partial charge in [-0.1, -0.05) is 40.5 Å². The third-order valence-corrected chi connectivity index (χ3v) is 6.41. The zero-order chi connectivity index (χ0) is 14.8. The van der Waals surface area contributed by atoms with Crippen LogP contribution in [-0.4, -0.2) is 13.1 Å². The van der Waals surface area contributed by atoms with E-state index in [0.717, 1.165) is 29.7 Å². The lowest BCUT2D eigenvalue weighted by Crippen LogP contribution is -2.43. The molecule has 0 amide bonds. The molecule has 0 radical (unpaired) electrons. The van der Waals surface area contributed by atoms with E-state index in [0.29, 0.717) is 5.41 Å². The first-order valence-electron chi connectivity index (χ1n) is 9.09. The van der Waals surface area contributed by atoms with Crippen molar-refractivity contribution in [2.24, 2.45) is 29.1 Å². The van der Waals surface area contributed by atoms with Crippen molar-refractivity contribution in [1.29, 1.82) is 0 Å². The van der Waals surface area contributed by atoms with Gasteiger partial charge in [0.05, 0.1) is 0 Å². The molecule has 0 spiro atoms. The van der Waals surface area contributed by atoms with E-state index in [1.165, 1.54) is 51.4 Å². The lowest BCUT2D eigenvalue weighted by Gasteiger charge is -2.43. The van der Waals surface area contributed by atoms with Gasteiger partial charge in [-0.25, -0.2) is 0 Å². The summed E-state index contributed by atoms with van der Waals surface area (Å²) in [5, 5.41) is 3.71. The SMILES string of the molecule is CNC(C1CCC(C)CC1)C1CCC(C(C)(C)C)CC1. The average molecular weight is 280 g/mol. The average Bonchev–Trinajstić information content (AvgIpc) is 2.41. The van der Waals surface area contributed by atoms with E-state index in [9.17, 15) is 0 Å². The molecule has 1 N–H and O–H groups in total. The summed E-state index contributed by atoms with van der Waals surface area (Å²) in [6.07, 6.45) is 11.7. The standard InChI is InChI=1S/C19H37N/c1-14-6-8-15(9-7-14)18(20-5)16-10-12-17(13-11-16)19(2,3)4/h14-18,20H,6-13H2,1-5H3. The highest BCUT2D eigenvalue weighted by Gasteiger charge is 2.35. The van der Waals surface area contributed by atoms with Crippen LogP contribution in [0.1, 0.15) is 79.1 Å². The Labute approximate surface area is 127 Å². The van der Waals surface area contributed by atoms with E-state index >= 15 is 0 Å². The minimum atomic E-state index is 0.514. The predicted molar refractivity (Wildman–Crippen MR) is 88.9 cm³/mol. The summed E-state index contributed by atoms with van der Waals surface area (Å²) >= 11 is 0. The van der Waals surface area contributed by atoms with Crippen molar-refractivity contribution in [2.45, 2.75) is 85.1 Å². The Morgan fingerprint density at radius 3 is 1.65 bits per heavy atom. The lowest BCUT2D eigenvalue weighted by molar-refractivity contribution is 0.105. The minimum absolute atomic E-state index is 0.514. The molecule has 2 fully saturated rings. The Morgan fingerprint density at radius 1 is 0.800 bits per heavy atom. The van der Waals surface area contributed by atoms with E-state index < -0.39 is 0 Å². The molecule has 1 atom stereocenters. The van der Waals surface area contributed by atoms with Crippen molar-refractivity contribution in [1.82, 2.24) is 5.32 Å². The fourth-order valence-corrected chi connectivity index (χ4v) is 4.85. The van der Waals surface area contributed by atoms with E-state index in [4.69, 9.17) is 0 Å². The Morgan fingerprint density at radius 2 is 1.25 bits per heavy atom. The third-order valence-electron chi connectivity index (χ3n) is 6.41. The van der Waals surface area contributed by atoms with Crippen LogP contribution >= 0.6 is 0 Å². The molecule has 0 bridgehead atoms. The normalized spacial score (nSPS) is 37.6.